The van der Waals surface area contributed by atoms with E-state index in [4.69, 9.17) is 16.3 Å². The van der Waals surface area contributed by atoms with Crippen molar-refractivity contribution in [3.63, 3.8) is 0 Å². The van der Waals surface area contributed by atoms with Crippen molar-refractivity contribution in [3.8, 4) is 0 Å². The number of esters is 1. The Morgan fingerprint density at radius 3 is 2.23 bits per heavy atom. The van der Waals surface area contributed by atoms with Gasteiger partial charge >= 0.3 is 5.97 Å². The molecule has 5 nitrogen and oxygen atoms in total. The molecule has 2 aromatic carbocycles. The van der Waals surface area contributed by atoms with E-state index in [2.05, 4.69) is 5.32 Å². The van der Waals surface area contributed by atoms with Gasteiger partial charge in [-0.1, -0.05) is 11.6 Å². The van der Waals surface area contributed by atoms with Crippen LogP contribution in [-0.4, -0.2) is 23.8 Å². The van der Waals surface area contributed by atoms with Crippen LogP contribution >= 0.6 is 11.6 Å². The van der Waals surface area contributed by atoms with Gasteiger partial charge in [0.05, 0.1) is 10.6 Å². The highest BCUT2D eigenvalue weighted by Gasteiger charge is 2.22. The fourth-order valence-corrected chi connectivity index (χ4v) is 2.22. The molecule has 2 rings (SSSR count). The fraction of sp³-hybridized carbons (Fsp3) is 0.167. The van der Waals surface area contributed by atoms with E-state index < -0.39 is 35.2 Å². The molecule has 0 unspecified atom stereocenters. The summed E-state index contributed by atoms with van der Waals surface area (Å²) in [7, 11) is 0. The molecular weight excluding hydrogens is 368 g/mol. The van der Waals surface area contributed by atoms with Crippen LogP contribution in [0.1, 0.15) is 34.6 Å². The Morgan fingerprint density at radius 1 is 1.08 bits per heavy atom. The summed E-state index contributed by atoms with van der Waals surface area (Å²) in [5.74, 6) is -4.29. The Hall–Kier alpha value is -2.80. The van der Waals surface area contributed by atoms with E-state index >= 15 is 0 Å². The van der Waals surface area contributed by atoms with Gasteiger partial charge in [-0.05, 0) is 50.2 Å². The largest absolute Gasteiger partial charge is 0.449 e. The minimum Gasteiger partial charge on any atom is -0.449 e. The van der Waals surface area contributed by atoms with Gasteiger partial charge in [-0.2, -0.15) is 0 Å². The standard InChI is InChI=1S/C18H14ClF2NO4/c1-9(23)11-3-5-12(6-4-11)22-17(24)10(2)26-18(25)13-7-15(20)16(21)8-14(13)19/h3-8,10H,1-2H3,(H,22,24)/t10-/m1/s1. The summed E-state index contributed by atoms with van der Waals surface area (Å²) >= 11 is 5.69. The molecule has 0 aromatic heterocycles. The molecule has 0 bridgehead atoms. The first kappa shape index (κ1) is 19.5. The van der Waals surface area contributed by atoms with Gasteiger partial charge in [0.2, 0.25) is 0 Å². The van der Waals surface area contributed by atoms with Crippen molar-refractivity contribution in [2.45, 2.75) is 20.0 Å². The van der Waals surface area contributed by atoms with Crippen molar-refractivity contribution >= 4 is 34.9 Å². The smallest absolute Gasteiger partial charge is 0.340 e. The van der Waals surface area contributed by atoms with Crippen molar-refractivity contribution in [2.75, 3.05) is 5.32 Å². The number of ketones is 1. The van der Waals surface area contributed by atoms with E-state index in [0.717, 1.165) is 0 Å². The minimum atomic E-state index is -1.26. The lowest BCUT2D eigenvalue weighted by molar-refractivity contribution is -0.123. The van der Waals surface area contributed by atoms with Crippen LogP contribution in [0.25, 0.3) is 0 Å². The number of halogens is 3. The molecule has 0 spiro atoms. The third kappa shape index (κ3) is 4.64. The number of ether oxygens (including phenoxy) is 1. The maximum Gasteiger partial charge on any atom is 0.340 e. The Labute approximate surface area is 152 Å². The molecule has 1 atom stereocenters. The number of carbonyl (C=O) groups is 3. The van der Waals surface area contributed by atoms with E-state index in [9.17, 15) is 23.2 Å². The van der Waals surface area contributed by atoms with Gasteiger partial charge in [0, 0.05) is 11.3 Å². The van der Waals surface area contributed by atoms with Gasteiger partial charge in [-0.25, -0.2) is 13.6 Å². The molecule has 0 aliphatic carbocycles. The Bertz CT molecular complexity index is 868. The second-order valence-electron chi connectivity index (χ2n) is 5.42. The fourth-order valence-electron chi connectivity index (χ4n) is 1.99. The summed E-state index contributed by atoms with van der Waals surface area (Å²) in [4.78, 5) is 35.3. The number of hydrogen-bond donors (Lipinski definition) is 1. The van der Waals surface area contributed by atoms with Gasteiger partial charge in [0.15, 0.2) is 23.5 Å². The summed E-state index contributed by atoms with van der Waals surface area (Å²) in [5.41, 5.74) is 0.486. The van der Waals surface area contributed by atoms with Crippen LogP contribution in [0.4, 0.5) is 14.5 Å². The molecule has 1 N–H and O–H groups in total. The zero-order valence-electron chi connectivity index (χ0n) is 13.8. The van der Waals surface area contributed by atoms with Gasteiger partial charge in [0.25, 0.3) is 5.91 Å². The number of nitrogens with one attached hydrogen (secondary N) is 1. The lowest BCUT2D eigenvalue weighted by Gasteiger charge is -2.14. The Kier molecular flexibility index (Phi) is 6.05. The van der Waals surface area contributed by atoms with Crippen molar-refractivity contribution in [1.29, 1.82) is 0 Å². The molecule has 0 aliphatic rings. The van der Waals surface area contributed by atoms with Gasteiger partial charge in [-0.15, -0.1) is 0 Å². The highest BCUT2D eigenvalue weighted by Crippen LogP contribution is 2.21. The summed E-state index contributed by atoms with van der Waals surface area (Å²) in [5, 5.41) is 2.17. The zero-order chi connectivity index (χ0) is 19.4. The molecule has 0 radical (unpaired) electrons. The third-order valence-corrected chi connectivity index (χ3v) is 3.75. The average molecular weight is 382 g/mol. The second-order valence-corrected chi connectivity index (χ2v) is 5.82. The molecule has 1 amide bonds. The monoisotopic (exact) mass is 381 g/mol. The Balaban J connectivity index is 2.03. The van der Waals surface area contributed by atoms with Gasteiger partial charge in [-0.3, -0.25) is 9.59 Å². The first-order chi connectivity index (χ1) is 12.2. The van der Waals surface area contributed by atoms with E-state index in [0.29, 0.717) is 23.4 Å². The number of amides is 1. The predicted molar refractivity (Wildman–Crippen MR) is 91.3 cm³/mol. The minimum absolute atomic E-state index is 0.117. The lowest BCUT2D eigenvalue weighted by atomic mass is 10.1. The number of carbonyl (C=O) groups excluding carboxylic acids is 3. The van der Waals surface area contributed by atoms with Crippen LogP contribution < -0.4 is 5.32 Å². The molecule has 0 saturated heterocycles. The summed E-state index contributed by atoms with van der Waals surface area (Å²) < 4.78 is 31.2. The SMILES string of the molecule is CC(=O)c1ccc(NC(=O)[C@@H](C)OC(=O)c2cc(F)c(F)cc2Cl)cc1. The van der Waals surface area contributed by atoms with Crippen molar-refractivity contribution in [3.05, 3.63) is 64.2 Å². The average Bonchev–Trinajstić information content (AvgIpc) is 2.58. The number of benzene rings is 2. The maximum atomic E-state index is 13.2. The van der Waals surface area contributed by atoms with Crippen molar-refractivity contribution in [1.82, 2.24) is 0 Å². The highest BCUT2D eigenvalue weighted by molar-refractivity contribution is 6.33. The number of rotatable bonds is 5. The zero-order valence-corrected chi connectivity index (χ0v) is 14.6. The summed E-state index contributed by atoms with van der Waals surface area (Å²) in [6.07, 6.45) is -1.22. The van der Waals surface area contributed by atoms with E-state index in [1.165, 1.54) is 38.1 Å². The normalized spacial score (nSPS) is 11.6. The topological polar surface area (TPSA) is 72.5 Å². The van der Waals surface area contributed by atoms with Crippen LogP contribution in [-0.2, 0) is 9.53 Å². The molecule has 2 aromatic rings. The highest BCUT2D eigenvalue weighted by atomic mass is 35.5. The predicted octanol–water partition coefficient (Wildman–Crippen LogP) is 4.00. The van der Waals surface area contributed by atoms with Crippen molar-refractivity contribution in [2.24, 2.45) is 0 Å². The maximum absolute atomic E-state index is 13.2. The Morgan fingerprint density at radius 2 is 1.65 bits per heavy atom. The van der Waals surface area contributed by atoms with Gasteiger partial charge in [0.1, 0.15) is 0 Å². The molecule has 26 heavy (non-hydrogen) atoms. The first-order valence-corrected chi connectivity index (χ1v) is 7.84. The lowest BCUT2D eigenvalue weighted by Crippen LogP contribution is -2.30. The van der Waals surface area contributed by atoms with Crippen LogP contribution in [0.5, 0.6) is 0 Å². The molecular formula is C18H14ClF2NO4. The summed E-state index contributed by atoms with van der Waals surface area (Å²) in [6.45, 7) is 2.73. The molecule has 0 heterocycles. The van der Waals surface area contributed by atoms with Gasteiger partial charge < -0.3 is 10.1 Å². The van der Waals surface area contributed by atoms with E-state index in [1.807, 2.05) is 0 Å². The molecule has 0 fully saturated rings. The number of hydrogen-bond acceptors (Lipinski definition) is 4. The van der Waals surface area contributed by atoms with Crippen LogP contribution in [0, 0.1) is 11.6 Å². The first-order valence-electron chi connectivity index (χ1n) is 7.46. The van der Waals surface area contributed by atoms with Crippen LogP contribution in [0.3, 0.4) is 0 Å². The van der Waals surface area contributed by atoms with Crippen molar-refractivity contribution < 1.29 is 27.9 Å². The summed E-state index contributed by atoms with van der Waals surface area (Å²) in [6, 6.07) is 7.37. The molecule has 0 saturated carbocycles. The number of anilines is 1. The quantitative estimate of drug-likeness (QED) is 0.482. The second kappa shape index (κ2) is 8.05. The van der Waals surface area contributed by atoms with Crippen LogP contribution in [0.15, 0.2) is 36.4 Å². The third-order valence-electron chi connectivity index (χ3n) is 3.44. The number of Topliss-reactive ketones (excluding diaryl/α,β-unsaturated/α-hetero) is 1. The van der Waals surface area contributed by atoms with E-state index in [-0.39, 0.29) is 10.8 Å². The molecule has 8 heteroatoms. The van der Waals surface area contributed by atoms with Crippen LogP contribution in [0.2, 0.25) is 5.02 Å². The molecule has 136 valence electrons. The molecule has 0 aliphatic heterocycles. The van der Waals surface area contributed by atoms with E-state index in [1.54, 1.807) is 0 Å².